The van der Waals surface area contributed by atoms with Gasteiger partial charge in [-0.2, -0.15) is 0 Å². The summed E-state index contributed by atoms with van der Waals surface area (Å²) in [7, 11) is 1.17. The molecular weight excluding hydrogens is 470 g/mol. The molecule has 1 N–H and O–H groups in total. The molecule has 7 heteroatoms. The number of hydrogen-bond acceptors (Lipinski definition) is 6. The largest absolute Gasteiger partial charge is 0.464 e. The number of nitrogens with one attached hydrogen (secondary N) is 1. The summed E-state index contributed by atoms with van der Waals surface area (Å²) in [5.41, 5.74) is 0.492. The van der Waals surface area contributed by atoms with Crippen molar-refractivity contribution >= 4 is 18.0 Å². The van der Waals surface area contributed by atoms with E-state index in [0.29, 0.717) is 6.42 Å². The molecule has 1 amide bonds. The van der Waals surface area contributed by atoms with Gasteiger partial charge in [-0.3, -0.25) is 10.1 Å². The summed E-state index contributed by atoms with van der Waals surface area (Å²) >= 11 is 0. The zero-order chi connectivity index (χ0) is 27.0. The number of esters is 2. The van der Waals surface area contributed by atoms with E-state index in [2.05, 4.69) is 29.1 Å². The summed E-state index contributed by atoms with van der Waals surface area (Å²) in [6.45, 7) is 2.28. The highest BCUT2D eigenvalue weighted by atomic mass is 16.6. The highest BCUT2D eigenvalue weighted by Gasteiger charge is 2.16. The van der Waals surface area contributed by atoms with Crippen LogP contribution in [0.25, 0.3) is 0 Å². The Morgan fingerprint density at radius 1 is 0.811 bits per heavy atom. The summed E-state index contributed by atoms with van der Waals surface area (Å²) in [5.74, 6) is -1.32. The van der Waals surface area contributed by atoms with Crippen LogP contribution in [-0.4, -0.2) is 25.1 Å². The summed E-state index contributed by atoms with van der Waals surface area (Å²) in [4.78, 5) is 35.9. The Hall–Kier alpha value is -3.09. The van der Waals surface area contributed by atoms with Crippen molar-refractivity contribution in [3.05, 3.63) is 60.0 Å². The van der Waals surface area contributed by atoms with Gasteiger partial charge in [-0.05, 0) is 37.7 Å². The van der Waals surface area contributed by atoms with Crippen LogP contribution in [-0.2, 0) is 30.4 Å². The molecule has 0 heterocycles. The maximum Gasteiger partial charge on any atom is 0.412 e. The average molecular weight is 516 g/mol. The minimum absolute atomic E-state index is 0.0381. The van der Waals surface area contributed by atoms with Crippen molar-refractivity contribution in [2.24, 2.45) is 0 Å². The van der Waals surface area contributed by atoms with Gasteiger partial charge in [-0.15, -0.1) is 0 Å². The molecule has 0 unspecified atom stereocenters. The van der Waals surface area contributed by atoms with Gasteiger partial charge in [0.05, 0.1) is 7.11 Å². The lowest BCUT2D eigenvalue weighted by Crippen LogP contribution is -2.29. The summed E-state index contributed by atoms with van der Waals surface area (Å²) in [6.07, 6.45) is 20.2. The fourth-order valence-corrected chi connectivity index (χ4v) is 3.63. The third-order valence-corrected chi connectivity index (χ3v) is 5.81. The minimum Gasteiger partial charge on any atom is -0.464 e. The molecule has 0 aliphatic rings. The molecule has 7 nitrogen and oxygen atoms in total. The van der Waals surface area contributed by atoms with Gasteiger partial charge >= 0.3 is 18.0 Å². The Morgan fingerprint density at radius 2 is 1.41 bits per heavy atom. The number of benzene rings is 1. The van der Waals surface area contributed by atoms with Gasteiger partial charge in [-0.25, -0.2) is 9.59 Å². The molecule has 0 aliphatic carbocycles. The monoisotopic (exact) mass is 515 g/mol. The van der Waals surface area contributed by atoms with Crippen LogP contribution in [0.2, 0.25) is 0 Å². The fraction of sp³-hybridized carbons (Fsp3) is 0.567. The van der Waals surface area contributed by atoms with Crippen molar-refractivity contribution < 1.29 is 28.6 Å². The first kappa shape index (κ1) is 31.9. The highest BCUT2D eigenvalue weighted by Crippen LogP contribution is 2.10. The van der Waals surface area contributed by atoms with E-state index in [9.17, 15) is 14.4 Å². The van der Waals surface area contributed by atoms with Gasteiger partial charge in [0.1, 0.15) is 12.9 Å². The Kier molecular flexibility index (Phi) is 19.1. The molecule has 206 valence electrons. The Labute approximate surface area is 222 Å². The number of allylic oxidation sites excluding steroid dienone is 2. The van der Waals surface area contributed by atoms with Crippen molar-refractivity contribution in [3.8, 4) is 0 Å². The van der Waals surface area contributed by atoms with Crippen LogP contribution in [0.15, 0.2) is 54.4 Å². The molecule has 1 aromatic rings. The molecule has 1 aromatic carbocycles. The lowest BCUT2D eigenvalue weighted by atomic mass is 10.1. The van der Waals surface area contributed by atoms with E-state index in [1.54, 1.807) is 12.1 Å². The number of ether oxygens (including phenoxy) is 3. The third kappa shape index (κ3) is 17.9. The first-order chi connectivity index (χ1) is 18.1. The second-order valence-corrected chi connectivity index (χ2v) is 9.03. The summed E-state index contributed by atoms with van der Waals surface area (Å²) in [6, 6.07) is 9.12. The number of carbonyl (C=O) groups is 3. The standard InChI is InChI=1S/C30H45NO6/c1-3-4-5-6-7-8-9-10-11-12-13-14-15-16-20-23-28(32)36-25-27(29(33)35-2)31-30(34)37-24-26-21-18-17-19-22-26/h10-11,17-19,21-22,25H,3-9,12-16,20,23-24H2,1-2H3,(H,31,34)/b11-10-,27-25+. The van der Waals surface area contributed by atoms with Gasteiger partial charge in [0.25, 0.3) is 0 Å². The van der Waals surface area contributed by atoms with Gasteiger partial charge < -0.3 is 14.2 Å². The molecule has 0 aliphatic heterocycles. The number of rotatable bonds is 20. The first-order valence-corrected chi connectivity index (χ1v) is 13.7. The van der Waals surface area contributed by atoms with Gasteiger partial charge in [0.15, 0.2) is 5.70 Å². The molecule has 0 fully saturated rings. The van der Waals surface area contributed by atoms with Gasteiger partial charge in [-0.1, -0.05) is 101 Å². The average Bonchev–Trinajstić information content (AvgIpc) is 2.92. The number of amides is 1. The second kappa shape index (κ2) is 22.1. The predicted molar refractivity (Wildman–Crippen MR) is 145 cm³/mol. The summed E-state index contributed by atoms with van der Waals surface area (Å²) in [5, 5.41) is 2.26. The van der Waals surface area contributed by atoms with E-state index in [0.717, 1.165) is 43.9 Å². The van der Waals surface area contributed by atoms with Crippen LogP contribution in [0, 0.1) is 0 Å². The van der Waals surface area contributed by atoms with Crippen LogP contribution in [0.5, 0.6) is 0 Å². The molecule has 0 bridgehead atoms. The Bertz CT molecular complexity index is 819. The predicted octanol–water partition coefficient (Wildman–Crippen LogP) is 7.51. The van der Waals surface area contributed by atoms with Gasteiger partial charge in [0, 0.05) is 6.42 Å². The van der Waals surface area contributed by atoms with Crippen LogP contribution in [0.1, 0.15) is 102 Å². The Morgan fingerprint density at radius 3 is 2.03 bits per heavy atom. The molecule has 0 saturated heterocycles. The van der Waals surface area contributed by atoms with Crippen LogP contribution in [0.4, 0.5) is 4.79 Å². The fourth-order valence-electron chi connectivity index (χ4n) is 3.63. The SMILES string of the molecule is CCCCCCCC/C=C\CCCCCCCC(=O)O/C=C(/NC(=O)OCc1ccccc1)C(=O)OC. The number of unbranched alkanes of at least 4 members (excludes halogenated alkanes) is 11. The molecule has 0 radical (unpaired) electrons. The van der Waals surface area contributed by atoms with E-state index >= 15 is 0 Å². The quantitative estimate of drug-likeness (QED) is 0.0482. The normalized spacial score (nSPS) is 11.4. The first-order valence-electron chi connectivity index (χ1n) is 13.7. The molecular formula is C30H45NO6. The number of carbonyl (C=O) groups excluding carboxylic acids is 3. The van der Waals surface area contributed by atoms with Crippen LogP contribution < -0.4 is 5.32 Å². The van der Waals surface area contributed by atoms with Gasteiger partial charge in [0.2, 0.25) is 0 Å². The molecule has 0 atom stereocenters. The van der Waals surface area contributed by atoms with Crippen LogP contribution >= 0.6 is 0 Å². The molecule has 37 heavy (non-hydrogen) atoms. The number of alkyl carbamates (subject to hydrolysis) is 1. The zero-order valence-electron chi connectivity index (χ0n) is 22.7. The van der Waals surface area contributed by atoms with Crippen molar-refractivity contribution in [1.82, 2.24) is 5.32 Å². The number of methoxy groups -OCH3 is 1. The summed E-state index contributed by atoms with van der Waals surface area (Å²) < 4.78 is 14.7. The Balaban J connectivity index is 2.14. The maximum absolute atomic E-state index is 12.0. The van der Waals surface area contributed by atoms with Crippen molar-refractivity contribution in [1.29, 1.82) is 0 Å². The van der Waals surface area contributed by atoms with E-state index in [4.69, 9.17) is 9.47 Å². The lowest BCUT2D eigenvalue weighted by Gasteiger charge is -2.09. The number of hydrogen-bond donors (Lipinski definition) is 1. The molecule has 1 rings (SSSR count). The van der Waals surface area contributed by atoms with E-state index < -0.39 is 18.0 Å². The molecule has 0 aromatic heterocycles. The topological polar surface area (TPSA) is 90.9 Å². The van der Waals surface area contributed by atoms with Crippen molar-refractivity contribution in [3.63, 3.8) is 0 Å². The zero-order valence-corrected chi connectivity index (χ0v) is 22.7. The maximum atomic E-state index is 12.0. The molecule has 0 spiro atoms. The third-order valence-electron chi connectivity index (χ3n) is 5.81. The molecule has 0 saturated carbocycles. The lowest BCUT2D eigenvalue weighted by molar-refractivity contribution is -0.139. The highest BCUT2D eigenvalue weighted by molar-refractivity contribution is 5.92. The minimum atomic E-state index is -0.853. The van der Waals surface area contributed by atoms with E-state index in [1.807, 2.05) is 18.2 Å². The van der Waals surface area contributed by atoms with Crippen LogP contribution in [0.3, 0.4) is 0 Å². The van der Waals surface area contributed by atoms with E-state index in [1.165, 1.54) is 52.1 Å². The van der Waals surface area contributed by atoms with Crippen molar-refractivity contribution in [2.45, 2.75) is 103 Å². The smallest absolute Gasteiger partial charge is 0.412 e. The second-order valence-electron chi connectivity index (χ2n) is 9.03. The van der Waals surface area contributed by atoms with E-state index in [-0.39, 0.29) is 18.7 Å². The van der Waals surface area contributed by atoms with Crippen molar-refractivity contribution in [2.75, 3.05) is 7.11 Å².